The van der Waals surface area contributed by atoms with Crippen LogP contribution in [0.4, 0.5) is 0 Å². The van der Waals surface area contributed by atoms with Crippen LogP contribution < -0.4 is 0 Å². The van der Waals surface area contributed by atoms with Crippen molar-refractivity contribution in [1.82, 2.24) is 4.67 Å². The van der Waals surface area contributed by atoms with Gasteiger partial charge in [0, 0.05) is 6.42 Å². The van der Waals surface area contributed by atoms with Gasteiger partial charge in [0.2, 0.25) is 5.91 Å². The Labute approximate surface area is 155 Å². The van der Waals surface area contributed by atoms with E-state index in [1.54, 1.807) is 0 Å². The molecule has 0 aliphatic rings. The van der Waals surface area contributed by atoms with E-state index in [1.807, 2.05) is 0 Å². The first-order chi connectivity index (χ1) is 12.0. The number of unbranched alkanes of at least 4 members (excludes halogenated alkanes) is 12. The lowest BCUT2D eigenvalue weighted by molar-refractivity contribution is -0.147. The van der Waals surface area contributed by atoms with Gasteiger partial charge in [-0.25, -0.2) is 4.79 Å². The molecule has 25 heavy (non-hydrogen) atoms. The van der Waals surface area contributed by atoms with E-state index in [0.29, 0.717) is 6.42 Å². The van der Waals surface area contributed by atoms with E-state index in [1.165, 1.54) is 64.2 Å². The molecule has 0 bridgehead atoms. The molecular formula is C19H38NO4P. The van der Waals surface area contributed by atoms with E-state index in [9.17, 15) is 9.59 Å². The van der Waals surface area contributed by atoms with Crippen LogP contribution >= 0.6 is 9.39 Å². The Morgan fingerprint density at radius 1 is 0.840 bits per heavy atom. The number of carbonyl (C=O) groups is 2. The first kappa shape index (κ1) is 24.3. The van der Waals surface area contributed by atoms with Crippen LogP contribution in [0.3, 0.4) is 0 Å². The van der Waals surface area contributed by atoms with E-state index < -0.39 is 18.6 Å². The van der Waals surface area contributed by atoms with Gasteiger partial charge >= 0.3 is 5.97 Å². The zero-order valence-electron chi connectivity index (χ0n) is 15.9. The molecule has 5 nitrogen and oxygen atoms in total. The largest absolute Gasteiger partial charge is 0.480 e. The van der Waals surface area contributed by atoms with E-state index in [-0.39, 0.29) is 5.91 Å². The number of aliphatic hydroxyl groups excluding tert-OH is 1. The highest BCUT2D eigenvalue weighted by molar-refractivity contribution is 7.14. The van der Waals surface area contributed by atoms with Gasteiger partial charge < -0.3 is 14.9 Å². The number of hydrogen-bond donors (Lipinski definition) is 2. The predicted octanol–water partition coefficient (Wildman–Crippen LogP) is 4.53. The molecule has 0 aliphatic carbocycles. The van der Waals surface area contributed by atoms with Gasteiger partial charge in [-0.15, -0.1) is 0 Å². The van der Waals surface area contributed by atoms with Crippen molar-refractivity contribution in [3.63, 3.8) is 0 Å². The van der Waals surface area contributed by atoms with Crippen molar-refractivity contribution in [2.24, 2.45) is 0 Å². The Kier molecular flexibility index (Phi) is 16.3. The van der Waals surface area contributed by atoms with Crippen molar-refractivity contribution in [3.8, 4) is 0 Å². The molecule has 0 fully saturated rings. The standard InChI is InChI=1S/C19H38NO4P/c1-2-3-4-5-6-7-8-9-10-11-12-13-14-15-18(22)20(25)17(16-21)19(23)24/h17,21H,2-16,25H2,1H3,(H,23,24)/t17-/m0/s1. The zero-order valence-corrected chi connectivity index (χ0v) is 17.1. The second-order valence-electron chi connectivity index (χ2n) is 6.83. The van der Waals surface area contributed by atoms with Gasteiger partial charge in [0.25, 0.3) is 0 Å². The fourth-order valence-corrected chi connectivity index (χ4v) is 3.23. The van der Waals surface area contributed by atoms with E-state index in [4.69, 9.17) is 10.2 Å². The summed E-state index contributed by atoms with van der Waals surface area (Å²) in [6, 6.07) is -1.17. The summed E-state index contributed by atoms with van der Waals surface area (Å²) in [6.07, 6.45) is 16.5. The summed E-state index contributed by atoms with van der Waals surface area (Å²) in [7, 11) is 2.11. The number of carbonyl (C=O) groups excluding carboxylic acids is 1. The molecule has 0 aromatic rings. The van der Waals surface area contributed by atoms with Crippen molar-refractivity contribution in [2.75, 3.05) is 6.61 Å². The van der Waals surface area contributed by atoms with Crippen molar-refractivity contribution in [2.45, 2.75) is 103 Å². The number of carboxylic acid groups (broad SMARTS) is 1. The lowest BCUT2D eigenvalue weighted by atomic mass is 10.0. The minimum atomic E-state index is -1.18. The predicted molar refractivity (Wildman–Crippen MR) is 105 cm³/mol. The Balaban J connectivity index is 3.46. The molecule has 0 radical (unpaired) electrons. The fraction of sp³-hybridized carbons (Fsp3) is 0.895. The molecule has 0 heterocycles. The number of amides is 1. The van der Waals surface area contributed by atoms with Gasteiger partial charge in [-0.3, -0.25) is 4.79 Å². The minimum Gasteiger partial charge on any atom is -0.480 e. The zero-order chi connectivity index (χ0) is 18.9. The smallest absolute Gasteiger partial charge is 0.329 e. The summed E-state index contributed by atoms with van der Waals surface area (Å²) in [5, 5.41) is 17.9. The molecule has 0 spiro atoms. The van der Waals surface area contributed by atoms with Gasteiger partial charge in [-0.1, -0.05) is 84.0 Å². The van der Waals surface area contributed by atoms with Crippen LogP contribution in [0, 0.1) is 0 Å². The maximum atomic E-state index is 11.9. The molecule has 0 aromatic carbocycles. The maximum Gasteiger partial charge on any atom is 0.329 e. The highest BCUT2D eigenvalue weighted by atomic mass is 31.0. The van der Waals surface area contributed by atoms with Crippen LogP contribution in [-0.2, 0) is 9.59 Å². The topological polar surface area (TPSA) is 77.8 Å². The van der Waals surface area contributed by atoms with Crippen molar-refractivity contribution < 1.29 is 19.8 Å². The normalized spacial score (nSPS) is 12.1. The van der Waals surface area contributed by atoms with Crippen LogP contribution in [-0.4, -0.2) is 39.4 Å². The third kappa shape index (κ3) is 13.2. The number of nitrogens with zero attached hydrogens (tertiary/aromatic N) is 1. The van der Waals surface area contributed by atoms with Crippen molar-refractivity contribution in [1.29, 1.82) is 0 Å². The Morgan fingerprint density at radius 3 is 1.60 bits per heavy atom. The Hall–Kier alpha value is -0.670. The van der Waals surface area contributed by atoms with Crippen LogP contribution in [0.5, 0.6) is 0 Å². The molecule has 148 valence electrons. The molecule has 0 saturated heterocycles. The lowest BCUT2D eigenvalue weighted by Gasteiger charge is -2.22. The number of rotatable bonds is 17. The second kappa shape index (κ2) is 16.8. The maximum absolute atomic E-state index is 11.9. The monoisotopic (exact) mass is 375 g/mol. The molecule has 0 saturated carbocycles. The number of aliphatic hydroxyl groups is 1. The van der Waals surface area contributed by atoms with E-state index in [0.717, 1.165) is 23.9 Å². The SMILES string of the molecule is CCCCCCCCCCCCCCCC(=O)N(P)[C@@H](CO)C(=O)O. The van der Waals surface area contributed by atoms with Crippen molar-refractivity contribution >= 4 is 21.3 Å². The number of aliphatic carboxylic acids is 1. The summed E-state index contributed by atoms with van der Waals surface area (Å²) in [5.41, 5.74) is 0. The molecule has 0 aromatic heterocycles. The van der Waals surface area contributed by atoms with Gasteiger partial charge in [0.1, 0.15) is 0 Å². The third-order valence-corrected chi connectivity index (χ3v) is 5.22. The molecule has 2 N–H and O–H groups in total. The van der Waals surface area contributed by atoms with Crippen LogP contribution in [0.25, 0.3) is 0 Å². The van der Waals surface area contributed by atoms with Gasteiger partial charge in [0.05, 0.1) is 6.61 Å². The molecule has 0 rings (SSSR count). The van der Waals surface area contributed by atoms with Gasteiger partial charge in [-0.05, 0) is 15.8 Å². The lowest BCUT2D eigenvalue weighted by Crippen LogP contribution is -2.41. The first-order valence-corrected chi connectivity index (χ1v) is 10.5. The summed E-state index contributed by atoms with van der Waals surface area (Å²) < 4.78 is 1.06. The highest BCUT2D eigenvalue weighted by Crippen LogP contribution is 2.15. The first-order valence-electron chi connectivity index (χ1n) is 9.95. The molecule has 1 unspecified atom stereocenters. The average molecular weight is 375 g/mol. The van der Waals surface area contributed by atoms with Gasteiger partial charge in [-0.2, -0.15) is 0 Å². The van der Waals surface area contributed by atoms with E-state index >= 15 is 0 Å². The summed E-state index contributed by atoms with van der Waals surface area (Å²) >= 11 is 0. The number of hydrogen-bond acceptors (Lipinski definition) is 3. The van der Waals surface area contributed by atoms with Crippen molar-refractivity contribution in [3.05, 3.63) is 0 Å². The van der Waals surface area contributed by atoms with Gasteiger partial charge in [0.15, 0.2) is 6.04 Å². The van der Waals surface area contributed by atoms with Crippen LogP contribution in [0.1, 0.15) is 96.8 Å². The van der Waals surface area contributed by atoms with Crippen LogP contribution in [0.15, 0.2) is 0 Å². The molecular weight excluding hydrogens is 337 g/mol. The molecule has 6 heteroatoms. The molecule has 0 aliphatic heterocycles. The fourth-order valence-electron chi connectivity index (χ4n) is 2.88. The second-order valence-corrected chi connectivity index (χ2v) is 7.39. The van der Waals surface area contributed by atoms with Crippen LogP contribution in [0.2, 0.25) is 0 Å². The Bertz CT molecular complexity index is 352. The average Bonchev–Trinajstić information content (AvgIpc) is 2.59. The third-order valence-electron chi connectivity index (χ3n) is 4.58. The summed E-state index contributed by atoms with van der Waals surface area (Å²) in [6.45, 7) is 1.68. The molecule has 2 atom stereocenters. The summed E-state index contributed by atoms with van der Waals surface area (Å²) in [4.78, 5) is 22.8. The highest BCUT2D eigenvalue weighted by Gasteiger charge is 2.25. The summed E-state index contributed by atoms with van der Waals surface area (Å²) in [5.74, 6) is -1.43. The number of carboxylic acids is 1. The Morgan fingerprint density at radius 2 is 1.24 bits per heavy atom. The van der Waals surface area contributed by atoms with E-state index in [2.05, 4.69) is 16.3 Å². The quantitative estimate of drug-likeness (QED) is 0.289. The minimum absolute atomic E-state index is 0.241. The molecule has 1 amide bonds.